The van der Waals surface area contributed by atoms with Crippen LogP contribution in [0.2, 0.25) is 0 Å². The third-order valence-electron chi connectivity index (χ3n) is 4.76. The molecule has 8 nitrogen and oxygen atoms in total. The van der Waals surface area contributed by atoms with Crippen LogP contribution in [0.3, 0.4) is 0 Å². The molecule has 1 aliphatic heterocycles. The van der Waals surface area contributed by atoms with Crippen molar-refractivity contribution in [1.29, 1.82) is 0 Å². The molecule has 0 amide bonds. The van der Waals surface area contributed by atoms with E-state index in [0.717, 1.165) is 17.8 Å². The number of H-pyrrole nitrogens is 1. The first kappa shape index (κ1) is 22.5. The Balaban J connectivity index is 1.63. The second kappa shape index (κ2) is 9.82. The zero-order valence-corrected chi connectivity index (χ0v) is 17.8. The van der Waals surface area contributed by atoms with E-state index < -0.39 is 11.7 Å². The average molecular weight is 457 g/mol. The molecule has 172 valence electrons. The molecule has 4 rings (SSSR count). The highest BCUT2D eigenvalue weighted by Gasteiger charge is 2.30. The van der Waals surface area contributed by atoms with Gasteiger partial charge in [0.2, 0.25) is 11.9 Å². The largest absolute Gasteiger partial charge is 0.416 e. The third-order valence-corrected chi connectivity index (χ3v) is 4.76. The quantitative estimate of drug-likeness (QED) is 0.567. The second-order valence-corrected chi connectivity index (χ2v) is 7.21. The number of allylic oxidation sites excluding steroid dienone is 1. The minimum Gasteiger partial charge on any atom is -0.378 e. The summed E-state index contributed by atoms with van der Waals surface area (Å²) in [6.45, 7) is 4.24. The highest BCUT2D eigenvalue weighted by molar-refractivity contribution is 5.68. The van der Waals surface area contributed by atoms with Gasteiger partial charge in [-0.05, 0) is 36.8 Å². The first-order chi connectivity index (χ1) is 15.9. The molecule has 2 N–H and O–H groups in total. The normalized spacial score (nSPS) is 15.0. The summed E-state index contributed by atoms with van der Waals surface area (Å²) in [5.41, 5.74) is 0.482. The van der Waals surface area contributed by atoms with E-state index in [0.29, 0.717) is 49.5 Å². The first-order valence-electron chi connectivity index (χ1n) is 10.3. The summed E-state index contributed by atoms with van der Waals surface area (Å²) >= 11 is 0. The molecule has 2 aromatic heterocycles. The number of hydrogen-bond donors (Lipinski definition) is 2. The standard InChI is InChI=1S/C22H22F3N7O/c1-2-4-17-14-19(31-30-17)27-20-26-18(28-21(29-20)32-9-11-33-12-10-32)8-7-15-5-3-6-16(13-15)22(23,24)25/h2-8,13-14H,9-12H2,1H3,(H2,26,27,28,29,30,31)/b4-2+,8-7+. The van der Waals surface area contributed by atoms with Crippen LogP contribution in [0, 0.1) is 0 Å². The van der Waals surface area contributed by atoms with Gasteiger partial charge < -0.3 is 15.0 Å². The average Bonchev–Trinajstić information content (AvgIpc) is 3.25. The molecular weight excluding hydrogens is 435 g/mol. The molecule has 0 saturated carbocycles. The fourth-order valence-electron chi connectivity index (χ4n) is 3.19. The lowest BCUT2D eigenvalue weighted by Crippen LogP contribution is -2.37. The van der Waals surface area contributed by atoms with Crippen molar-refractivity contribution in [3.8, 4) is 0 Å². The van der Waals surface area contributed by atoms with Crippen LogP contribution < -0.4 is 10.2 Å². The van der Waals surface area contributed by atoms with E-state index >= 15 is 0 Å². The molecule has 1 aliphatic rings. The number of aromatic nitrogens is 5. The van der Waals surface area contributed by atoms with Crippen LogP contribution in [0.25, 0.3) is 18.2 Å². The predicted octanol–water partition coefficient (Wildman–Crippen LogP) is 4.40. The van der Waals surface area contributed by atoms with Crippen LogP contribution in [-0.4, -0.2) is 51.5 Å². The van der Waals surface area contributed by atoms with Crippen LogP contribution >= 0.6 is 0 Å². The van der Waals surface area contributed by atoms with Crippen molar-refractivity contribution in [3.63, 3.8) is 0 Å². The Bertz CT molecular complexity index is 1150. The van der Waals surface area contributed by atoms with Gasteiger partial charge in [0.05, 0.1) is 24.5 Å². The minimum absolute atomic E-state index is 0.272. The fraction of sp³-hybridized carbons (Fsp3) is 0.273. The van der Waals surface area contributed by atoms with E-state index in [4.69, 9.17) is 4.74 Å². The van der Waals surface area contributed by atoms with Gasteiger partial charge >= 0.3 is 6.18 Å². The summed E-state index contributed by atoms with van der Waals surface area (Å²) in [4.78, 5) is 15.3. The molecule has 3 heterocycles. The van der Waals surface area contributed by atoms with Gasteiger partial charge in [-0.1, -0.05) is 24.3 Å². The molecule has 0 atom stereocenters. The molecule has 0 bridgehead atoms. The van der Waals surface area contributed by atoms with Crippen LogP contribution in [0.5, 0.6) is 0 Å². The number of morpholine rings is 1. The molecular formula is C22H22F3N7O. The maximum absolute atomic E-state index is 13.0. The van der Waals surface area contributed by atoms with Crippen molar-refractivity contribution in [1.82, 2.24) is 25.1 Å². The Hall–Kier alpha value is -3.73. The Morgan fingerprint density at radius 2 is 1.88 bits per heavy atom. The lowest BCUT2D eigenvalue weighted by Gasteiger charge is -2.26. The topological polar surface area (TPSA) is 91.8 Å². The van der Waals surface area contributed by atoms with Crippen molar-refractivity contribution in [2.24, 2.45) is 0 Å². The number of nitrogens with zero attached hydrogens (tertiary/aromatic N) is 5. The van der Waals surface area contributed by atoms with Gasteiger partial charge in [0, 0.05) is 19.2 Å². The van der Waals surface area contributed by atoms with Gasteiger partial charge in [0.15, 0.2) is 11.6 Å². The van der Waals surface area contributed by atoms with E-state index in [1.54, 1.807) is 18.2 Å². The van der Waals surface area contributed by atoms with Crippen LogP contribution in [0.1, 0.15) is 29.6 Å². The summed E-state index contributed by atoms with van der Waals surface area (Å²) in [5.74, 6) is 1.54. The number of ether oxygens (including phenoxy) is 1. The van der Waals surface area contributed by atoms with Crippen molar-refractivity contribution in [3.05, 3.63) is 59.1 Å². The summed E-state index contributed by atoms with van der Waals surface area (Å²) in [6, 6.07) is 6.86. The molecule has 0 radical (unpaired) electrons. The Morgan fingerprint density at radius 3 is 2.64 bits per heavy atom. The van der Waals surface area contributed by atoms with E-state index in [2.05, 4.69) is 30.5 Å². The number of rotatable bonds is 6. The van der Waals surface area contributed by atoms with Crippen LogP contribution in [-0.2, 0) is 10.9 Å². The summed E-state index contributed by atoms with van der Waals surface area (Å²) < 4.78 is 44.4. The third kappa shape index (κ3) is 5.95. The van der Waals surface area contributed by atoms with Gasteiger partial charge in [0.25, 0.3) is 0 Å². The zero-order chi connectivity index (χ0) is 23.3. The van der Waals surface area contributed by atoms with Crippen molar-refractivity contribution >= 4 is 35.9 Å². The zero-order valence-electron chi connectivity index (χ0n) is 17.8. The summed E-state index contributed by atoms with van der Waals surface area (Å²) in [7, 11) is 0. The number of benzene rings is 1. The second-order valence-electron chi connectivity index (χ2n) is 7.21. The molecule has 1 fully saturated rings. The van der Waals surface area contributed by atoms with E-state index in [9.17, 15) is 13.2 Å². The predicted molar refractivity (Wildman–Crippen MR) is 120 cm³/mol. The Labute approximate surface area is 188 Å². The highest BCUT2D eigenvalue weighted by Crippen LogP contribution is 2.30. The van der Waals surface area contributed by atoms with E-state index in [-0.39, 0.29) is 5.95 Å². The van der Waals surface area contributed by atoms with Gasteiger partial charge in [-0.15, -0.1) is 0 Å². The molecule has 0 aliphatic carbocycles. The van der Waals surface area contributed by atoms with E-state index in [1.807, 2.05) is 24.0 Å². The van der Waals surface area contributed by atoms with E-state index in [1.165, 1.54) is 12.1 Å². The van der Waals surface area contributed by atoms with Crippen molar-refractivity contribution in [2.45, 2.75) is 13.1 Å². The van der Waals surface area contributed by atoms with Crippen molar-refractivity contribution < 1.29 is 17.9 Å². The summed E-state index contributed by atoms with van der Waals surface area (Å²) in [5, 5.41) is 10.1. The molecule has 1 saturated heterocycles. The van der Waals surface area contributed by atoms with Crippen LogP contribution in [0.4, 0.5) is 30.9 Å². The maximum atomic E-state index is 13.0. The molecule has 0 unspecified atom stereocenters. The highest BCUT2D eigenvalue weighted by atomic mass is 19.4. The number of alkyl halides is 3. The molecule has 1 aromatic carbocycles. The van der Waals surface area contributed by atoms with Gasteiger partial charge in [-0.25, -0.2) is 0 Å². The monoisotopic (exact) mass is 457 g/mol. The van der Waals surface area contributed by atoms with Gasteiger partial charge in [-0.2, -0.15) is 33.2 Å². The molecule has 33 heavy (non-hydrogen) atoms. The first-order valence-corrected chi connectivity index (χ1v) is 10.3. The Morgan fingerprint density at radius 1 is 1.06 bits per heavy atom. The van der Waals surface area contributed by atoms with Crippen LogP contribution in [0.15, 0.2) is 36.4 Å². The minimum atomic E-state index is -4.41. The number of halogens is 3. The SMILES string of the molecule is C/C=C/c1cc(Nc2nc(/C=C/c3cccc(C(F)(F)F)c3)nc(N3CCOCC3)n2)n[nH]1. The smallest absolute Gasteiger partial charge is 0.378 e. The maximum Gasteiger partial charge on any atom is 0.416 e. The number of aromatic amines is 1. The number of hydrogen-bond acceptors (Lipinski definition) is 7. The number of anilines is 3. The Kier molecular flexibility index (Phi) is 6.68. The summed E-state index contributed by atoms with van der Waals surface area (Å²) in [6.07, 6.45) is 2.44. The van der Waals surface area contributed by atoms with Crippen molar-refractivity contribution in [2.75, 3.05) is 36.5 Å². The molecule has 0 spiro atoms. The lowest BCUT2D eigenvalue weighted by molar-refractivity contribution is -0.137. The fourth-order valence-corrected chi connectivity index (χ4v) is 3.19. The molecule has 11 heteroatoms. The van der Waals surface area contributed by atoms with Gasteiger partial charge in [0.1, 0.15) is 0 Å². The molecule has 3 aromatic rings. The van der Waals surface area contributed by atoms with Gasteiger partial charge in [-0.3, -0.25) is 5.10 Å². The number of nitrogens with one attached hydrogen (secondary N) is 2. The lowest BCUT2D eigenvalue weighted by atomic mass is 10.1.